The molecule has 0 aromatic heterocycles. The molecule has 3 N–H and O–H groups in total. The summed E-state index contributed by atoms with van der Waals surface area (Å²) in [4.78, 5) is 14.2. The van der Waals surface area contributed by atoms with Gasteiger partial charge < -0.3 is 16.0 Å². The fourth-order valence-electron chi connectivity index (χ4n) is 2.35. The normalized spacial score (nSPS) is 24.0. The molecule has 1 aliphatic heterocycles. The van der Waals surface area contributed by atoms with Gasteiger partial charge in [0.2, 0.25) is 5.91 Å². The summed E-state index contributed by atoms with van der Waals surface area (Å²) >= 11 is 3.54. The number of nitrogens with zero attached hydrogens (tertiary/aromatic N) is 1. The van der Waals surface area contributed by atoms with Crippen LogP contribution >= 0.6 is 15.9 Å². The summed E-state index contributed by atoms with van der Waals surface area (Å²) in [6.45, 7) is 5.23. The van der Waals surface area contributed by atoms with E-state index < -0.39 is 0 Å². The van der Waals surface area contributed by atoms with Gasteiger partial charge >= 0.3 is 0 Å². The molecule has 2 unspecified atom stereocenters. The topological polar surface area (TPSA) is 58.4 Å². The summed E-state index contributed by atoms with van der Waals surface area (Å²) in [6.07, 6.45) is 0.924. The van der Waals surface area contributed by atoms with Crippen molar-refractivity contribution in [3.63, 3.8) is 0 Å². The Labute approximate surface area is 122 Å². The molecule has 19 heavy (non-hydrogen) atoms. The molecule has 4 nitrogen and oxygen atoms in total. The Balaban J connectivity index is 2.33. The van der Waals surface area contributed by atoms with Gasteiger partial charge in [-0.15, -0.1) is 0 Å². The highest BCUT2D eigenvalue weighted by Crippen LogP contribution is 2.26. The number of aryl methyl sites for hydroxylation is 1. The van der Waals surface area contributed by atoms with E-state index in [4.69, 9.17) is 5.73 Å². The van der Waals surface area contributed by atoms with E-state index in [-0.39, 0.29) is 18.0 Å². The van der Waals surface area contributed by atoms with Gasteiger partial charge in [-0.1, -0.05) is 22.0 Å². The summed E-state index contributed by atoms with van der Waals surface area (Å²) in [6, 6.07) is 6.06. The maximum atomic E-state index is 12.1. The highest BCUT2D eigenvalue weighted by atomic mass is 79.9. The average molecular weight is 326 g/mol. The maximum absolute atomic E-state index is 12.1. The molecule has 2 rings (SSSR count). The molecule has 1 aliphatic rings. The summed E-state index contributed by atoms with van der Waals surface area (Å²) in [5.41, 5.74) is 8.01. The molecule has 0 aliphatic carbocycles. The number of nitrogens with two attached hydrogens (primary N) is 1. The Morgan fingerprint density at radius 3 is 2.89 bits per heavy atom. The molecule has 0 bridgehead atoms. The third-order valence-corrected chi connectivity index (χ3v) is 4.44. The number of amides is 1. The van der Waals surface area contributed by atoms with Crippen molar-refractivity contribution in [2.75, 3.05) is 18.0 Å². The smallest absolute Gasteiger partial charge is 0.244 e. The van der Waals surface area contributed by atoms with Crippen LogP contribution in [0.25, 0.3) is 0 Å². The van der Waals surface area contributed by atoms with Crippen molar-refractivity contribution < 1.29 is 4.79 Å². The summed E-state index contributed by atoms with van der Waals surface area (Å²) in [5.74, 6) is 0.0178. The molecule has 5 heteroatoms. The van der Waals surface area contributed by atoms with Crippen molar-refractivity contribution in [3.8, 4) is 0 Å². The van der Waals surface area contributed by atoms with Crippen molar-refractivity contribution in [2.24, 2.45) is 5.73 Å². The van der Waals surface area contributed by atoms with Crippen LogP contribution in [0, 0.1) is 6.92 Å². The Kier molecular flexibility index (Phi) is 4.47. The first-order chi connectivity index (χ1) is 9.02. The van der Waals surface area contributed by atoms with Crippen LogP contribution in [0.1, 0.15) is 18.9 Å². The number of rotatable bonds is 2. The zero-order valence-electron chi connectivity index (χ0n) is 11.3. The lowest BCUT2D eigenvalue weighted by molar-refractivity contribution is -0.122. The second kappa shape index (κ2) is 5.92. The number of benzene rings is 1. The summed E-state index contributed by atoms with van der Waals surface area (Å²) in [7, 11) is 0. The number of carbonyl (C=O) groups excluding carboxylic acids is 1. The van der Waals surface area contributed by atoms with Gasteiger partial charge in [-0.25, -0.2) is 0 Å². The van der Waals surface area contributed by atoms with E-state index >= 15 is 0 Å². The third-order valence-electron chi connectivity index (χ3n) is 3.58. The minimum atomic E-state index is -0.292. The summed E-state index contributed by atoms with van der Waals surface area (Å²) in [5, 5.41) is 3.00. The Hall–Kier alpha value is -1.07. The molecular formula is C14H20BrN3O. The van der Waals surface area contributed by atoms with Gasteiger partial charge in [0.05, 0.1) is 0 Å². The number of hydrogen-bond donors (Lipinski definition) is 2. The molecule has 1 saturated heterocycles. The maximum Gasteiger partial charge on any atom is 0.244 e. The zero-order valence-corrected chi connectivity index (χ0v) is 12.9. The largest absolute Gasteiger partial charge is 0.358 e. The van der Waals surface area contributed by atoms with Gasteiger partial charge in [0, 0.05) is 29.3 Å². The van der Waals surface area contributed by atoms with Gasteiger partial charge in [-0.3, -0.25) is 4.79 Å². The lowest BCUT2D eigenvalue weighted by atomic mass is 10.1. The number of anilines is 1. The zero-order chi connectivity index (χ0) is 14.0. The summed E-state index contributed by atoms with van der Waals surface area (Å²) < 4.78 is 1.05. The SMILES string of the molecule is Cc1ccc(N2CCC(C)NC(=O)C2CN)cc1Br. The lowest BCUT2D eigenvalue weighted by Gasteiger charge is -2.29. The van der Waals surface area contributed by atoms with E-state index in [0.29, 0.717) is 6.54 Å². The van der Waals surface area contributed by atoms with E-state index in [2.05, 4.69) is 38.3 Å². The highest BCUT2D eigenvalue weighted by molar-refractivity contribution is 9.10. The van der Waals surface area contributed by atoms with Crippen molar-refractivity contribution in [1.82, 2.24) is 5.32 Å². The van der Waals surface area contributed by atoms with Crippen molar-refractivity contribution in [1.29, 1.82) is 0 Å². The van der Waals surface area contributed by atoms with Crippen molar-refractivity contribution in [3.05, 3.63) is 28.2 Å². The third kappa shape index (κ3) is 3.09. The van der Waals surface area contributed by atoms with E-state index in [1.807, 2.05) is 19.9 Å². The number of carbonyl (C=O) groups is 1. The molecule has 1 heterocycles. The van der Waals surface area contributed by atoms with E-state index in [1.54, 1.807) is 0 Å². The van der Waals surface area contributed by atoms with Crippen LogP contribution in [0.2, 0.25) is 0 Å². The molecule has 1 aromatic carbocycles. The molecule has 1 amide bonds. The number of nitrogens with one attached hydrogen (secondary N) is 1. The van der Waals surface area contributed by atoms with Crippen LogP contribution in [-0.4, -0.2) is 31.1 Å². The van der Waals surface area contributed by atoms with E-state index in [0.717, 1.165) is 23.1 Å². The second-order valence-electron chi connectivity index (χ2n) is 5.08. The van der Waals surface area contributed by atoms with Crippen LogP contribution in [0.3, 0.4) is 0 Å². The Morgan fingerprint density at radius 2 is 2.26 bits per heavy atom. The predicted octanol–water partition coefficient (Wildman–Crippen LogP) is 1.80. The lowest BCUT2D eigenvalue weighted by Crippen LogP contribution is -2.49. The second-order valence-corrected chi connectivity index (χ2v) is 5.93. The fourth-order valence-corrected chi connectivity index (χ4v) is 2.71. The quantitative estimate of drug-likeness (QED) is 0.871. The first kappa shape index (κ1) is 14.3. The van der Waals surface area contributed by atoms with Crippen LogP contribution in [0.15, 0.2) is 22.7 Å². The Bertz CT molecular complexity index is 478. The van der Waals surface area contributed by atoms with Crippen molar-refractivity contribution in [2.45, 2.75) is 32.4 Å². The molecule has 0 saturated carbocycles. The molecule has 2 atom stereocenters. The van der Waals surface area contributed by atoms with E-state index in [9.17, 15) is 4.79 Å². The van der Waals surface area contributed by atoms with Gasteiger partial charge in [0.15, 0.2) is 0 Å². The molecule has 0 radical (unpaired) electrons. The van der Waals surface area contributed by atoms with Crippen LogP contribution in [-0.2, 0) is 4.79 Å². The van der Waals surface area contributed by atoms with Gasteiger partial charge in [-0.2, -0.15) is 0 Å². The first-order valence-electron chi connectivity index (χ1n) is 6.56. The Morgan fingerprint density at radius 1 is 1.53 bits per heavy atom. The van der Waals surface area contributed by atoms with Gasteiger partial charge in [-0.05, 0) is 38.0 Å². The molecular weight excluding hydrogens is 306 g/mol. The minimum absolute atomic E-state index is 0.0178. The first-order valence-corrected chi connectivity index (χ1v) is 7.35. The van der Waals surface area contributed by atoms with Crippen LogP contribution < -0.4 is 16.0 Å². The molecule has 0 spiro atoms. The van der Waals surface area contributed by atoms with Gasteiger partial charge in [0.1, 0.15) is 6.04 Å². The fraction of sp³-hybridized carbons (Fsp3) is 0.500. The highest BCUT2D eigenvalue weighted by Gasteiger charge is 2.29. The minimum Gasteiger partial charge on any atom is -0.358 e. The van der Waals surface area contributed by atoms with Crippen LogP contribution in [0.5, 0.6) is 0 Å². The number of halogens is 1. The molecule has 1 aromatic rings. The van der Waals surface area contributed by atoms with Gasteiger partial charge in [0.25, 0.3) is 0 Å². The molecule has 104 valence electrons. The average Bonchev–Trinajstić information content (AvgIpc) is 2.51. The standard InChI is InChI=1S/C14H20BrN3O/c1-9-3-4-11(7-12(9)15)18-6-5-10(2)17-14(19)13(18)8-16/h3-4,7,10,13H,5-6,8,16H2,1-2H3,(H,17,19). The van der Waals surface area contributed by atoms with Crippen LogP contribution in [0.4, 0.5) is 5.69 Å². The number of hydrogen-bond acceptors (Lipinski definition) is 3. The molecule has 1 fully saturated rings. The predicted molar refractivity (Wildman–Crippen MR) is 81.3 cm³/mol. The monoisotopic (exact) mass is 325 g/mol. The van der Waals surface area contributed by atoms with E-state index in [1.165, 1.54) is 5.56 Å². The van der Waals surface area contributed by atoms with Crippen molar-refractivity contribution >= 4 is 27.5 Å².